The third-order valence-electron chi connectivity index (χ3n) is 1.95. The Labute approximate surface area is 109 Å². The van der Waals surface area contributed by atoms with Gasteiger partial charge in [-0.1, -0.05) is 29.3 Å². The van der Waals surface area contributed by atoms with E-state index >= 15 is 0 Å². The summed E-state index contributed by atoms with van der Waals surface area (Å²) in [7, 11) is 0. The van der Waals surface area contributed by atoms with E-state index in [0.717, 1.165) is 0 Å². The van der Waals surface area contributed by atoms with Crippen LogP contribution in [0.25, 0.3) is 0 Å². The fraction of sp³-hybridized carbons (Fsp3) is 0.273. The smallest absolute Gasteiger partial charge is 0.207 e. The van der Waals surface area contributed by atoms with Gasteiger partial charge in [-0.25, -0.2) is 0 Å². The molecule has 0 aliphatic rings. The Kier molecular flexibility index (Phi) is 5.97. The molecule has 17 heavy (non-hydrogen) atoms. The molecule has 0 fully saturated rings. The molecular weight excluding hydrogens is 265 g/mol. The maximum absolute atomic E-state index is 11.1. The van der Waals surface area contributed by atoms with Gasteiger partial charge in [0.1, 0.15) is 6.61 Å². The molecule has 0 atom stereocenters. The van der Waals surface area contributed by atoms with Gasteiger partial charge in [-0.3, -0.25) is 9.59 Å². The first kappa shape index (κ1) is 14.0. The van der Waals surface area contributed by atoms with Crippen LogP contribution in [-0.2, 0) is 20.9 Å². The van der Waals surface area contributed by atoms with Crippen LogP contribution in [0, 0.1) is 0 Å². The van der Waals surface area contributed by atoms with Gasteiger partial charge < -0.3 is 10.1 Å². The first-order valence-corrected chi connectivity index (χ1v) is 5.60. The van der Waals surface area contributed by atoms with Crippen LogP contribution in [-0.4, -0.2) is 25.3 Å². The summed E-state index contributed by atoms with van der Waals surface area (Å²) in [6.45, 7) is 0.0213. The number of nitrogens with one attached hydrogen (secondary N) is 1. The van der Waals surface area contributed by atoms with Crippen molar-refractivity contribution in [1.29, 1.82) is 0 Å². The lowest BCUT2D eigenvalue weighted by Crippen LogP contribution is -2.24. The second kappa shape index (κ2) is 7.27. The predicted molar refractivity (Wildman–Crippen MR) is 65.2 cm³/mol. The van der Waals surface area contributed by atoms with Crippen molar-refractivity contribution in [3.63, 3.8) is 0 Å². The molecule has 0 aliphatic carbocycles. The number of halogens is 2. The highest BCUT2D eigenvalue weighted by molar-refractivity contribution is 6.35. The molecule has 0 unspecified atom stereocenters. The van der Waals surface area contributed by atoms with Gasteiger partial charge in [0.05, 0.1) is 13.2 Å². The number of carbonyl (C=O) groups excluding carboxylic acids is 2. The van der Waals surface area contributed by atoms with Crippen LogP contribution in [0.5, 0.6) is 0 Å². The zero-order valence-corrected chi connectivity index (χ0v) is 10.4. The first-order chi connectivity index (χ1) is 8.15. The maximum Gasteiger partial charge on any atom is 0.207 e. The zero-order valence-electron chi connectivity index (χ0n) is 8.91. The van der Waals surface area contributed by atoms with Gasteiger partial charge in [0.2, 0.25) is 6.41 Å². The van der Waals surface area contributed by atoms with Crippen LogP contribution >= 0.6 is 23.2 Å². The lowest BCUT2D eigenvalue weighted by molar-refractivity contribution is -0.124. The quantitative estimate of drug-likeness (QED) is 0.773. The molecule has 0 aromatic heterocycles. The van der Waals surface area contributed by atoms with Crippen molar-refractivity contribution in [1.82, 2.24) is 5.32 Å². The third-order valence-corrected chi connectivity index (χ3v) is 2.66. The van der Waals surface area contributed by atoms with Crippen LogP contribution in [0.15, 0.2) is 18.2 Å². The van der Waals surface area contributed by atoms with Crippen molar-refractivity contribution < 1.29 is 14.3 Å². The molecule has 1 rings (SSSR count). The molecule has 4 nitrogen and oxygen atoms in total. The van der Waals surface area contributed by atoms with E-state index in [-0.39, 0.29) is 25.5 Å². The second-order valence-corrected chi connectivity index (χ2v) is 4.04. The minimum Gasteiger partial charge on any atom is -0.369 e. The Balaban J connectivity index is 2.40. The second-order valence-electron chi connectivity index (χ2n) is 3.23. The topological polar surface area (TPSA) is 55.4 Å². The van der Waals surface area contributed by atoms with E-state index in [1.54, 1.807) is 18.2 Å². The minimum absolute atomic E-state index is 0.0419. The summed E-state index contributed by atoms with van der Waals surface area (Å²) in [5.74, 6) is -0.222. The molecular formula is C11H11Cl2NO3. The number of ketones is 1. The fourth-order valence-corrected chi connectivity index (χ4v) is 1.65. The van der Waals surface area contributed by atoms with Crippen molar-refractivity contribution in [2.45, 2.75) is 6.61 Å². The van der Waals surface area contributed by atoms with Crippen LogP contribution in [0.4, 0.5) is 0 Å². The number of Topliss-reactive ketones (excluding diaryl/α,β-unsaturated/α-hetero) is 1. The summed E-state index contributed by atoms with van der Waals surface area (Å²) < 4.78 is 5.17. The van der Waals surface area contributed by atoms with E-state index in [1.165, 1.54) is 0 Å². The van der Waals surface area contributed by atoms with E-state index in [1.807, 2.05) is 0 Å². The summed E-state index contributed by atoms with van der Waals surface area (Å²) in [4.78, 5) is 21.1. The summed E-state index contributed by atoms with van der Waals surface area (Å²) in [5, 5.41) is 3.25. The molecule has 0 saturated carbocycles. The van der Waals surface area contributed by atoms with Crippen molar-refractivity contribution in [3.8, 4) is 0 Å². The van der Waals surface area contributed by atoms with Gasteiger partial charge in [0.15, 0.2) is 5.78 Å². The van der Waals surface area contributed by atoms with Gasteiger partial charge in [-0.05, 0) is 12.1 Å². The highest BCUT2D eigenvalue weighted by Gasteiger charge is 2.07. The Bertz CT molecular complexity index is 389. The lowest BCUT2D eigenvalue weighted by atomic mass is 10.2. The molecule has 1 aromatic rings. The molecule has 0 radical (unpaired) electrons. The van der Waals surface area contributed by atoms with Crippen LogP contribution < -0.4 is 5.32 Å². The molecule has 92 valence electrons. The predicted octanol–water partition coefficient (Wildman–Crippen LogP) is 1.83. The van der Waals surface area contributed by atoms with Gasteiger partial charge in [-0.2, -0.15) is 0 Å². The standard InChI is InChI=1S/C11H11Cl2NO3/c12-10-2-1-3-11(13)9(10)6-17-5-8(16)4-14-7-15/h1-3,7H,4-6H2,(H,14,15). The van der Waals surface area contributed by atoms with Crippen LogP contribution in [0.1, 0.15) is 5.56 Å². The van der Waals surface area contributed by atoms with Crippen molar-refractivity contribution in [3.05, 3.63) is 33.8 Å². The molecule has 0 aliphatic heterocycles. The number of benzene rings is 1. The van der Waals surface area contributed by atoms with Gasteiger partial charge in [0, 0.05) is 15.6 Å². The molecule has 0 heterocycles. The van der Waals surface area contributed by atoms with E-state index < -0.39 is 0 Å². The summed E-state index contributed by atoms with van der Waals surface area (Å²) in [6, 6.07) is 5.12. The highest BCUT2D eigenvalue weighted by Crippen LogP contribution is 2.24. The van der Waals surface area contributed by atoms with Gasteiger partial charge in [0.25, 0.3) is 0 Å². The Morgan fingerprint density at radius 3 is 2.59 bits per heavy atom. The monoisotopic (exact) mass is 275 g/mol. The van der Waals surface area contributed by atoms with E-state index in [0.29, 0.717) is 22.0 Å². The van der Waals surface area contributed by atoms with E-state index in [9.17, 15) is 9.59 Å². The van der Waals surface area contributed by atoms with Crippen molar-refractivity contribution in [2.75, 3.05) is 13.2 Å². The van der Waals surface area contributed by atoms with E-state index in [4.69, 9.17) is 27.9 Å². The lowest BCUT2D eigenvalue weighted by Gasteiger charge is -2.07. The Morgan fingerprint density at radius 1 is 1.35 bits per heavy atom. The van der Waals surface area contributed by atoms with Gasteiger partial charge in [-0.15, -0.1) is 0 Å². The molecule has 0 bridgehead atoms. The van der Waals surface area contributed by atoms with Crippen molar-refractivity contribution in [2.24, 2.45) is 0 Å². The molecule has 6 heteroatoms. The molecule has 0 spiro atoms. The maximum atomic E-state index is 11.1. The average Bonchev–Trinajstić information content (AvgIpc) is 2.30. The van der Waals surface area contributed by atoms with E-state index in [2.05, 4.69) is 5.32 Å². The molecule has 1 N–H and O–H groups in total. The summed E-state index contributed by atoms with van der Waals surface area (Å²) in [6.07, 6.45) is 0.461. The summed E-state index contributed by atoms with van der Waals surface area (Å²) >= 11 is 11.8. The number of ether oxygens (including phenoxy) is 1. The number of amides is 1. The minimum atomic E-state index is -0.222. The van der Waals surface area contributed by atoms with Crippen LogP contribution in [0.2, 0.25) is 10.0 Å². The molecule has 1 amide bonds. The third kappa shape index (κ3) is 4.73. The SMILES string of the molecule is O=CNCC(=O)COCc1c(Cl)cccc1Cl. The first-order valence-electron chi connectivity index (χ1n) is 4.84. The Morgan fingerprint density at radius 2 is 2.00 bits per heavy atom. The fourth-order valence-electron chi connectivity index (χ4n) is 1.14. The average molecular weight is 276 g/mol. The number of hydrogen-bond donors (Lipinski definition) is 1. The summed E-state index contributed by atoms with van der Waals surface area (Å²) in [5.41, 5.74) is 0.645. The largest absolute Gasteiger partial charge is 0.369 e. The normalized spacial score (nSPS) is 10.0. The Hall–Kier alpha value is -1.10. The molecule has 0 saturated heterocycles. The highest BCUT2D eigenvalue weighted by atomic mass is 35.5. The van der Waals surface area contributed by atoms with Crippen LogP contribution in [0.3, 0.4) is 0 Å². The zero-order chi connectivity index (χ0) is 12.7. The van der Waals surface area contributed by atoms with Crippen molar-refractivity contribution >= 4 is 35.4 Å². The van der Waals surface area contributed by atoms with Gasteiger partial charge >= 0.3 is 0 Å². The molecule has 1 aromatic carbocycles. The number of carbonyl (C=O) groups is 2. The number of hydrogen-bond acceptors (Lipinski definition) is 3. The number of rotatable bonds is 7.